The summed E-state index contributed by atoms with van der Waals surface area (Å²) in [4.78, 5) is 2.54. The number of aromatic amines is 1. The first kappa shape index (κ1) is 15.4. The molecule has 0 bridgehead atoms. The number of H-pyrrole nitrogens is 1. The number of nitrogens with zero attached hydrogens (tertiary/aromatic N) is 3. The molecule has 0 amide bonds. The van der Waals surface area contributed by atoms with Crippen molar-refractivity contribution in [3.05, 3.63) is 11.4 Å². The second kappa shape index (κ2) is 6.21. The summed E-state index contributed by atoms with van der Waals surface area (Å²) in [5, 5.41) is 6.69. The molecule has 1 aromatic rings. The van der Waals surface area contributed by atoms with E-state index in [2.05, 4.69) is 22.0 Å². The highest BCUT2D eigenvalue weighted by Gasteiger charge is 2.32. The number of aryl methyl sites for hydroxylation is 1. The highest BCUT2D eigenvalue weighted by atomic mass is 32.2. The van der Waals surface area contributed by atoms with Crippen LogP contribution in [-0.4, -0.2) is 60.5 Å². The molecule has 8 heteroatoms. The fraction of sp³-hybridized carbons (Fsp3) is 0.750. The van der Waals surface area contributed by atoms with E-state index in [9.17, 15) is 8.42 Å². The molecule has 1 aromatic heterocycles. The van der Waals surface area contributed by atoms with Gasteiger partial charge in [0.2, 0.25) is 10.0 Å². The van der Waals surface area contributed by atoms with Gasteiger partial charge >= 0.3 is 0 Å². The van der Waals surface area contributed by atoms with Crippen molar-refractivity contribution in [1.29, 1.82) is 0 Å². The molecule has 2 heterocycles. The molecule has 2 rings (SSSR count). The average molecular weight is 301 g/mol. The minimum atomic E-state index is -3.50. The van der Waals surface area contributed by atoms with Crippen molar-refractivity contribution in [2.45, 2.75) is 31.7 Å². The lowest BCUT2D eigenvalue weighted by Crippen LogP contribution is -2.48. The van der Waals surface area contributed by atoms with Crippen LogP contribution in [0.3, 0.4) is 0 Å². The van der Waals surface area contributed by atoms with Gasteiger partial charge in [0.05, 0.1) is 11.4 Å². The molecule has 0 atom stereocenters. The van der Waals surface area contributed by atoms with Crippen molar-refractivity contribution in [2.75, 3.05) is 32.7 Å². The first-order valence-corrected chi connectivity index (χ1v) is 8.41. The van der Waals surface area contributed by atoms with Crippen LogP contribution in [0.4, 0.5) is 0 Å². The number of nitrogens with one attached hydrogen (secondary N) is 1. The Hall–Kier alpha value is -0.960. The Kier molecular flexibility index (Phi) is 4.79. The zero-order chi connectivity index (χ0) is 14.8. The van der Waals surface area contributed by atoms with E-state index in [1.807, 2.05) is 0 Å². The number of hydrogen-bond acceptors (Lipinski definition) is 5. The lowest BCUT2D eigenvalue weighted by molar-refractivity contribution is 0.188. The summed E-state index contributed by atoms with van der Waals surface area (Å²) in [6.07, 6.45) is 1.09. The Labute approximate surface area is 120 Å². The van der Waals surface area contributed by atoms with Gasteiger partial charge in [-0.3, -0.25) is 5.10 Å². The predicted molar refractivity (Wildman–Crippen MR) is 76.7 cm³/mol. The van der Waals surface area contributed by atoms with Crippen LogP contribution in [0.5, 0.6) is 0 Å². The van der Waals surface area contributed by atoms with Crippen molar-refractivity contribution in [3.8, 4) is 0 Å². The molecule has 0 aliphatic carbocycles. The van der Waals surface area contributed by atoms with Gasteiger partial charge in [-0.1, -0.05) is 6.92 Å². The number of nitrogens with two attached hydrogens (primary N) is 1. The average Bonchev–Trinajstić information content (AvgIpc) is 2.81. The fourth-order valence-corrected chi connectivity index (χ4v) is 4.35. The molecule has 1 aliphatic rings. The van der Waals surface area contributed by atoms with Crippen LogP contribution < -0.4 is 5.73 Å². The highest BCUT2D eigenvalue weighted by molar-refractivity contribution is 7.89. The first-order chi connectivity index (χ1) is 9.50. The van der Waals surface area contributed by atoms with Gasteiger partial charge in [-0.05, 0) is 19.9 Å². The summed E-state index contributed by atoms with van der Waals surface area (Å²) in [5.41, 5.74) is 6.55. The molecule has 3 N–H and O–H groups in total. The molecule has 7 nitrogen and oxygen atoms in total. The summed E-state index contributed by atoms with van der Waals surface area (Å²) < 4.78 is 26.9. The second-order valence-electron chi connectivity index (χ2n) is 5.07. The van der Waals surface area contributed by atoms with Crippen molar-refractivity contribution in [2.24, 2.45) is 5.73 Å². The highest BCUT2D eigenvalue weighted by Crippen LogP contribution is 2.23. The molecule has 20 heavy (non-hydrogen) atoms. The molecule has 0 aromatic carbocycles. The zero-order valence-corrected chi connectivity index (χ0v) is 12.9. The largest absolute Gasteiger partial charge is 0.325 e. The Morgan fingerprint density at radius 3 is 2.50 bits per heavy atom. The summed E-state index contributed by atoms with van der Waals surface area (Å²) in [6, 6.07) is 0. The monoisotopic (exact) mass is 301 g/mol. The fourth-order valence-electron chi connectivity index (χ4n) is 2.59. The molecule has 0 unspecified atom stereocenters. The van der Waals surface area contributed by atoms with Crippen LogP contribution in [-0.2, 0) is 16.6 Å². The van der Waals surface area contributed by atoms with Gasteiger partial charge < -0.3 is 10.6 Å². The molecular weight excluding hydrogens is 278 g/mol. The molecule has 0 saturated carbocycles. The Bertz CT molecular complexity index is 546. The first-order valence-electron chi connectivity index (χ1n) is 6.97. The van der Waals surface area contributed by atoms with Gasteiger partial charge in [-0.2, -0.15) is 9.40 Å². The number of sulfonamides is 1. The van der Waals surface area contributed by atoms with Gasteiger partial charge in [-0.15, -0.1) is 0 Å². The maximum Gasteiger partial charge on any atom is 0.246 e. The van der Waals surface area contributed by atoms with Gasteiger partial charge in [0.25, 0.3) is 0 Å². The van der Waals surface area contributed by atoms with E-state index in [4.69, 9.17) is 5.73 Å². The van der Waals surface area contributed by atoms with E-state index in [1.54, 1.807) is 6.92 Å². The SMILES string of the molecule is CCCN1CCN(S(=O)(=O)c2c(CN)n[nH]c2C)CC1. The molecule has 1 saturated heterocycles. The van der Waals surface area contributed by atoms with E-state index >= 15 is 0 Å². The third-order valence-electron chi connectivity index (χ3n) is 3.62. The van der Waals surface area contributed by atoms with Gasteiger partial charge in [-0.25, -0.2) is 8.42 Å². The minimum absolute atomic E-state index is 0.120. The molecule has 1 aliphatic heterocycles. The van der Waals surface area contributed by atoms with E-state index < -0.39 is 10.0 Å². The number of hydrogen-bond donors (Lipinski definition) is 2. The second-order valence-corrected chi connectivity index (χ2v) is 6.95. The van der Waals surface area contributed by atoms with Crippen LogP contribution in [0.15, 0.2) is 4.90 Å². The quantitative estimate of drug-likeness (QED) is 0.791. The number of aromatic nitrogens is 2. The van der Waals surface area contributed by atoms with Gasteiger partial charge in [0.1, 0.15) is 4.90 Å². The number of piperazine rings is 1. The lowest BCUT2D eigenvalue weighted by atomic mass is 10.3. The maximum atomic E-state index is 12.7. The van der Waals surface area contributed by atoms with Crippen LogP contribution in [0, 0.1) is 6.92 Å². The Morgan fingerprint density at radius 2 is 1.95 bits per heavy atom. The number of rotatable bonds is 5. The summed E-state index contributed by atoms with van der Waals surface area (Å²) in [6.45, 7) is 7.59. The van der Waals surface area contributed by atoms with E-state index in [0.29, 0.717) is 24.5 Å². The zero-order valence-electron chi connectivity index (χ0n) is 12.1. The minimum Gasteiger partial charge on any atom is -0.325 e. The van der Waals surface area contributed by atoms with E-state index in [0.717, 1.165) is 26.1 Å². The lowest BCUT2D eigenvalue weighted by Gasteiger charge is -2.33. The van der Waals surface area contributed by atoms with Crippen LogP contribution in [0.2, 0.25) is 0 Å². The Balaban J connectivity index is 2.18. The standard InChI is InChI=1S/C12H23N5O2S/c1-3-4-16-5-7-17(8-6-16)20(18,19)12-10(2)14-15-11(12)9-13/h3-9,13H2,1-2H3,(H,14,15). The molecule has 0 radical (unpaired) electrons. The summed E-state index contributed by atoms with van der Waals surface area (Å²) in [7, 11) is -3.50. The molecular formula is C12H23N5O2S. The van der Waals surface area contributed by atoms with Crippen LogP contribution >= 0.6 is 0 Å². The van der Waals surface area contributed by atoms with Gasteiger partial charge in [0, 0.05) is 32.7 Å². The van der Waals surface area contributed by atoms with Crippen molar-refractivity contribution in [1.82, 2.24) is 19.4 Å². The van der Waals surface area contributed by atoms with Crippen molar-refractivity contribution < 1.29 is 8.42 Å². The molecule has 114 valence electrons. The maximum absolute atomic E-state index is 12.7. The smallest absolute Gasteiger partial charge is 0.246 e. The summed E-state index contributed by atoms with van der Waals surface area (Å²) in [5.74, 6) is 0. The normalized spacial score (nSPS) is 18.6. The summed E-state index contributed by atoms with van der Waals surface area (Å²) >= 11 is 0. The molecule has 1 fully saturated rings. The van der Waals surface area contributed by atoms with Gasteiger partial charge in [0.15, 0.2) is 0 Å². The van der Waals surface area contributed by atoms with Crippen molar-refractivity contribution >= 4 is 10.0 Å². The van der Waals surface area contributed by atoms with Crippen LogP contribution in [0.1, 0.15) is 24.7 Å². The topological polar surface area (TPSA) is 95.3 Å². The molecule has 0 spiro atoms. The van der Waals surface area contributed by atoms with Crippen molar-refractivity contribution in [3.63, 3.8) is 0 Å². The van der Waals surface area contributed by atoms with E-state index in [1.165, 1.54) is 4.31 Å². The third-order valence-corrected chi connectivity index (χ3v) is 5.73. The third kappa shape index (κ3) is 2.88. The van der Waals surface area contributed by atoms with E-state index in [-0.39, 0.29) is 11.4 Å². The Morgan fingerprint density at radius 1 is 1.30 bits per heavy atom. The van der Waals surface area contributed by atoms with Crippen LogP contribution in [0.25, 0.3) is 0 Å². The predicted octanol–water partition coefficient (Wildman–Crippen LogP) is -0.107.